The van der Waals surface area contributed by atoms with Gasteiger partial charge in [0, 0.05) is 18.7 Å². The molecule has 140 valence electrons. The molecule has 0 saturated carbocycles. The highest BCUT2D eigenvalue weighted by Gasteiger charge is 2.19. The molecule has 1 amide bonds. The first-order valence-corrected chi connectivity index (χ1v) is 8.96. The van der Waals surface area contributed by atoms with Crippen LogP contribution in [0.1, 0.15) is 35.0 Å². The van der Waals surface area contributed by atoms with Gasteiger partial charge in [-0.05, 0) is 63.3 Å². The Kier molecular flexibility index (Phi) is 6.30. The number of hydrogen-bond acceptors (Lipinski definition) is 5. The van der Waals surface area contributed by atoms with Crippen LogP contribution < -0.4 is 10.1 Å². The Hall–Kier alpha value is -2.31. The van der Waals surface area contributed by atoms with Gasteiger partial charge in [0.15, 0.2) is 0 Å². The summed E-state index contributed by atoms with van der Waals surface area (Å²) in [6.07, 6.45) is 3.97. The molecule has 6 heteroatoms. The SMILES string of the molecule is CN(C)[C@@H](CNC(=O)c1ccc(OC[C@H]2CCCO2)cc1)c1ccco1. The van der Waals surface area contributed by atoms with Gasteiger partial charge < -0.3 is 19.2 Å². The van der Waals surface area contributed by atoms with Crippen LogP contribution in [0.4, 0.5) is 0 Å². The number of carbonyl (C=O) groups is 1. The molecule has 3 rings (SSSR count). The third-order valence-corrected chi connectivity index (χ3v) is 4.53. The summed E-state index contributed by atoms with van der Waals surface area (Å²) >= 11 is 0. The molecular formula is C20H26N2O4. The lowest BCUT2D eigenvalue weighted by atomic mass is 10.1. The monoisotopic (exact) mass is 358 g/mol. The van der Waals surface area contributed by atoms with E-state index in [1.165, 1.54) is 0 Å². The molecule has 2 atom stereocenters. The predicted molar refractivity (Wildman–Crippen MR) is 98.4 cm³/mol. The highest BCUT2D eigenvalue weighted by molar-refractivity contribution is 5.94. The second kappa shape index (κ2) is 8.87. The van der Waals surface area contributed by atoms with Crippen molar-refractivity contribution >= 4 is 5.91 Å². The standard InChI is InChI=1S/C20H26N2O4/c1-22(2)18(19-6-4-12-25-19)13-21-20(23)15-7-9-16(10-8-15)26-14-17-5-3-11-24-17/h4,6-10,12,17-18H,3,5,11,13-14H2,1-2H3,(H,21,23)/t17-,18+/m1/s1. The number of nitrogens with one attached hydrogen (secondary N) is 1. The lowest BCUT2D eigenvalue weighted by molar-refractivity contribution is 0.0679. The molecule has 1 N–H and O–H groups in total. The average molecular weight is 358 g/mol. The Bertz CT molecular complexity index is 676. The van der Waals surface area contributed by atoms with E-state index in [4.69, 9.17) is 13.9 Å². The second-order valence-electron chi connectivity index (χ2n) is 6.68. The van der Waals surface area contributed by atoms with Crippen LogP contribution in [0.3, 0.4) is 0 Å². The fourth-order valence-electron chi connectivity index (χ4n) is 2.98. The van der Waals surface area contributed by atoms with Gasteiger partial charge in [-0.2, -0.15) is 0 Å². The van der Waals surface area contributed by atoms with E-state index in [2.05, 4.69) is 5.32 Å². The largest absolute Gasteiger partial charge is 0.491 e. The molecule has 1 aliphatic heterocycles. The number of hydrogen-bond donors (Lipinski definition) is 1. The van der Waals surface area contributed by atoms with Gasteiger partial charge in [-0.25, -0.2) is 0 Å². The summed E-state index contributed by atoms with van der Waals surface area (Å²) in [4.78, 5) is 14.4. The Morgan fingerprint density at radius 3 is 2.73 bits per heavy atom. The molecule has 2 heterocycles. The van der Waals surface area contributed by atoms with Crippen molar-refractivity contribution in [3.05, 3.63) is 54.0 Å². The van der Waals surface area contributed by atoms with E-state index in [0.717, 1.165) is 31.0 Å². The molecule has 1 saturated heterocycles. The molecule has 1 aliphatic rings. The van der Waals surface area contributed by atoms with E-state index in [9.17, 15) is 4.79 Å². The maximum absolute atomic E-state index is 12.4. The van der Waals surface area contributed by atoms with Gasteiger partial charge in [0.2, 0.25) is 0 Å². The zero-order chi connectivity index (χ0) is 18.4. The number of rotatable bonds is 8. The highest BCUT2D eigenvalue weighted by atomic mass is 16.5. The van der Waals surface area contributed by atoms with Crippen LogP contribution in [0.5, 0.6) is 5.75 Å². The lowest BCUT2D eigenvalue weighted by Crippen LogP contribution is -2.34. The number of ether oxygens (including phenoxy) is 2. The van der Waals surface area contributed by atoms with Crippen molar-refractivity contribution in [2.75, 3.05) is 33.9 Å². The average Bonchev–Trinajstić information content (AvgIpc) is 3.34. The van der Waals surface area contributed by atoms with Crippen LogP contribution in [0.25, 0.3) is 0 Å². The minimum absolute atomic E-state index is 0.0111. The van der Waals surface area contributed by atoms with Crippen molar-refractivity contribution in [2.24, 2.45) is 0 Å². The summed E-state index contributed by atoms with van der Waals surface area (Å²) in [5.74, 6) is 1.46. The van der Waals surface area contributed by atoms with Gasteiger partial charge in [-0.15, -0.1) is 0 Å². The summed E-state index contributed by atoms with van der Waals surface area (Å²) in [5, 5.41) is 2.96. The normalized spacial score (nSPS) is 18.0. The van der Waals surface area contributed by atoms with Gasteiger partial charge in [0.25, 0.3) is 5.91 Å². The maximum Gasteiger partial charge on any atom is 0.251 e. The number of nitrogens with zero attached hydrogens (tertiary/aromatic N) is 1. The molecule has 0 radical (unpaired) electrons. The van der Waals surface area contributed by atoms with E-state index in [0.29, 0.717) is 18.7 Å². The molecule has 6 nitrogen and oxygen atoms in total. The van der Waals surface area contributed by atoms with Gasteiger partial charge in [0.05, 0.1) is 18.4 Å². The predicted octanol–water partition coefficient (Wildman–Crippen LogP) is 2.87. The van der Waals surface area contributed by atoms with E-state index < -0.39 is 0 Å². The van der Waals surface area contributed by atoms with Crippen molar-refractivity contribution < 1.29 is 18.7 Å². The van der Waals surface area contributed by atoms with Gasteiger partial charge in [-0.3, -0.25) is 9.69 Å². The van der Waals surface area contributed by atoms with Crippen molar-refractivity contribution in [3.8, 4) is 5.75 Å². The molecule has 0 spiro atoms. The Morgan fingerprint density at radius 2 is 2.12 bits per heavy atom. The molecule has 1 aromatic heterocycles. The third kappa shape index (κ3) is 4.86. The molecular weight excluding hydrogens is 332 g/mol. The van der Waals surface area contributed by atoms with Crippen molar-refractivity contribution in [3.63, 3.8) is 0 Å². The molecule has 1 aromatic carbocycles. The van der Waals surface area contributed by atoms with Crippen LogP contribution >= 0.6 is 0 Å². The summed E-state index contributed by atoms with van der Waals surface area (Å²) in [6.45, 7) is 1.84. The first kappa shape index (κ1) is 18.5. The lowest BCUT2D eigenvalue weighted by Gasteiger charge is -2.22. The van der Waals surface area contributed by atoms with Gasteiger partial charge in [0.1, 0.15) is 18.1 Å². The topological polar surface area (TPSA) is 63.9 Å². The minimum Gasteiger partial charge on any atom is -0.491 e. The van der Waals surface area contributed by atoms with Crippen LogP contribution in [-0.4, -0.2) is 50.8 Å². The van der Waals surface area contributed by atoms with E-state index >= 15 is 0 Å². The van der Waals surface area contributed by atoms with Crippen molar-refractivity contribution in [2.45, 2.75) is 25.0 Å². The van der Waals surface area contributed by atoms with Gasteiger partial charge in [-0.1, -0.05) is 0 Å². The summed E-state index contributed by atoms with van der Waals surface area (Å²) in [7, 11) is 3.92. The number of benzene rings is 1. The molecule has 0 unspecified atom stereocenters. The smallest absolute Gasteiger partial charge is 0.251 e. The quantitative estimate of drug-likeness (QED) is 0.786. The van der Waals surface area contributed by atoms with E-state index in [1.54, 1.807) is 18.4 Å². The molecule has 0 aliphatic carbocycles. The molecule has 1 fully saturated rings. The molecule has 26 heavy (non-hydrogen) atoms. The second-order valence-corrected chi connectivity index (χ2v) is 6.68. The first-order valence-electron chi connectivity index (χ1n) is 8.96. The zero-order valence-electron chi connectivity index (χ0n) is 15.3. The van der Waals surface area contributed by atoms with Crippen LogP contribution in [0, 0.1) is 0 Å². The summed E-state index contributed by atoms with van der Waals surface area (Å²) in [6, 6.07) is 10.9. The van der Waals surface area contributed by atoms with Crippen molar-refractivity contribution in [1.29, 1.82) is 0 Å². The number of likely N-dealkylation sites (N-methyl/N-ethyl adjacent to an activating group) is 1. The number of carbonyl (C=O) groups excluding carboxylic acids is 1. The Balaban J connectivity index is 1.50. The zero-order valence-corrected chi connectivity index (χ0v) is 15.3. The fourth-order valence-corrected chi connectivity index (χ4v) is 2.98. The molecule has 2 aromatic rings. The highest BCUT2D eigenvalue weighted by Crippen LogP contribution is 2.19. The Labute approximate surface area is 154 Å². The molecule has 0 bridgehead atoms. The summed E-state index contributed by atoms with van der Waals surface area (Å²) < 4.78 is 16.7. The van der Waals surface area contributed by atoms with Crippen LogP contribution in [0.2, 0.25) is 0 Å². The minimum atomic E-state index is -0.117. The first-order chi connectivity index (χ1) is 12.6. The van der Waals surface area contributed by atoms with E-state index in [1.807, 2.05) is 43.3 Å². The van der Waals surface area contributed by atoms with E-state index in [-0.39, 0.29) is 18.1 Å². The number of furan rings is 1. The number of amides is 1. The summed E-state index contributed by atoms with van der Waals surface area (Å²) in [5.41, 5.74) is 0.603. The van der Waals surface area contributed by atoms with Crippen LogP contribution in [-0.2, 0) is 4.74 Å². The maximum atomic E-state index is 12.4. The third-order valence-electron chi connectivity index (χ3n) is 4.53. The van der Waals surface area contributed by atoms with Crippen molar-refractivity contribution in [1.82, 2.24) is 10.2 Å². The van der Waals surface area contributed by atoms with Gasteiger partial charge >= 0.3 is 0 Å². The fraction of sp³-hybridized carbons (Fsp3) is 0.450. The Morgan fingerprint density at radius 1 is 1.31 bits per heavy atom. The van der Waals surface area contributed by atoms with Crippen LogP contribution in [0.15, 0.2) is 47.1 Å².